The minimum atomic E-state index is 0.877. The third-order valence-corrected chi connectivity index (χ3v) is 3.92. The first-order chi connectivity index (χ1) is 9.43. The Morgan fingerprint density at radius 1 is 0.789 bits per heavy atom. The second kappa shape index (κ2) is 5.72. The highest BCUT2D eigenvalue weighted by Gasteiger charge is 2.03. The van der Waals surface area contributed by atoms with E-state index in [1.165, 1.54) is 21.7 Å². The summed E-state index contributed by atoms with van der Waals surface area (Å²) in [6, 6.07) is 23.2. The summed E-state index contributed by atoms with van der Waals surface area (Å²) in [5.41, 5.74) is 3.68. The van der Waals surface area contributed by atoms with Gasteiger partial charge >= 0.3 is 0 Å². The van der Waals surface area contributed by atoms with Crippen molar-refractivity contribution in [2.45, 2.75) is 6.54 Å². The Morgan fingerprint density at radius 3 is 2.37 bits per heavy atom. The molecule has 2 aromatic carbocycles. The van der Waals surface area contributed by atoms with Crippen molar-refractivity contribution in [3.63, 3.8) is 0 Å². The molecular formula is C17H15NS. The van der Waals surface area contributed by atoms with Gasteiger partial charge in [-0.3, -0.25) is 0 Å². The summed E-state index contributed by atoms with van der Waals surface area (Å²) in [7, 11) is 0. The number of benzene rings is 2. The van der Waals surface area contributed by atoms with E-state index in [1.54, 1.807) is 11.3 Å². The normalized spacial score (nSPS) is 10.3. The predicted octanol–water partition coefficient (Wildman–Crippen LogP) is 5.03. The molecule has 2 heteroatoms. The molecule has 0 aliphatic rings. The van der Waals surface area contributed by atoms with Crippen molar-refractivity contribution in [3.8, 4) is 11.1 Å². The maximum absolute atomic E-state index is 3.52. The van der Waals surface area contributed by atoms with Crippen molar-refractivity contribution >= 4 is 17.0 Å². The lowest BCUT2D eigenvalue weighted by molar-refractivity contribution is 1.19. The molecule has 0 atom stereocenters. The molecule has 94 valence electrons. The van der Waals surface area contributed by atoms with Crippen LogP contribution >= 0.6 is 11.3 Å². The predicted molar refractivity (Wildman–Crippen MR) is 83.5 cm³/mol. The van der Waals surface area contributed by atoms with Crippen molar-refractivity contribution < 1.29 is 0 Å². The minimum Gasteiger partial charge on any atom is -0.380 e. The lowest BCUT2D eigenvalue weighted by Crippen LogP contribution is -1.99. The summed E-state index contributed by atoms with van der Waals surface area (Å²) in [6.45, 7) is 0.877. The molecule has 3 rings (SSSR count). The monoisotopic (exact) mass is 265 g/mol. The molecule has 0 radical (unpaired) electrons. The zero-order chi connectivity index (χ0) is 12.9. The number of rotatable bonds is 4. The highest BCUT2D eigenvalue weighted by molar-refractivity contribution is 7.09. The number of hydrogen-bond acceptors (Lipinski definition) is 2. The Morgan fingerprint density at radius 2 is 1.58 bits per heavy atom. The summed E-state index contributed by atoms with van der Waals surface area (Å²) in [6.07, 6.45) is 0. The maximum Gasteiger partial charge on any atom is 0.0494 e. The van der Waals surface area contributed by atoms with Crippen LogP contribution < -0.4 is 5.32 Å². The van der Waals surface area contributed by atoms with Crippen LogP contribution in [0.25, 0.3) is 11.1 Å². The van der Waals surface area contributed by atoms with Crippen molar-refractivity contribution in [1.82, 2.24) is 0 Å². The number of nitrogens with one attached hydrogen (secondary N) is 1. The Labute approximate surface area is 117 Å². The van der Waals surface area contributed by atoms with E-state index in [1.807, 2.05) is 6.07 Å². The standard InChI is InChI=1S/C17H15NS/c1-2-7-14(8-3-1)16-10-4-5-11-17(16)18-13-15-9-6-12-19-15/h1-12,18H,13H2. The molecular weight excluding hydrogens is 250 g/mol. The van der Waals surface area contributed by atoms with Crippen LogP contribution in [0.3, 0.4) is 0 Å². The molecule has 1 N–H and O–H groups in total. The lowest BCUT2D eigenvalue weighted by atomic mass is 10.0. The summed E-state index contributed by atoms with van der Waals surface area (Å²) in [5.74, 6) is 0. The number of anilines is 1. The first-order valence-electron chi connectivity index (χ1n) is 6.34. The van der Waals surface area contributed by atoms with Crippen LogP contribution in [0.15, 0.2) is 72.1 Å². The largest absolute Gasteiger partial charge is 0.380 e. The average Bonchev–Trinajstić information content (AvgIpc) is 3.00. The molecule has 1 nitrogen and oxygen atoms in total. The first kappa shape index (κ1) is 12.0. The summed E-state index contributed by atoms with van der Waals surface area (Å²) in [4.78, 5) is 1.35. The molecule has 19 heavy (non-hydrogen) atoms. The molecule has 1 heterocycles. The Kier molecular flexibility index (Phi) is 3.61. The van der Waals surface area contributed by atoms with Crippen LogP contribution in [0, 0.1) is 0 Å². The van der Waals surface area contributed by atoms with Crippen LogP contribution in [0.2, 0.25) is 0 Å². The minimum absolute atomic E-state index is 0.877. The summed E-state index contributed by atoms with van der Waals surface area (Å²) >= 11 is 1.78. The second-order valence-electron chi connectivity index (χ2n) is 4.34. The highest BCUT2D eigenvalue weighted by Crippen LogP contribution is 2.28. The molecule has 0 aliphatic carbocycles. The van der Waals surface area contributed by atoms with Crippen LogP contribution in [-0.2, 0) is 6.54 Å². The van der Waals surface area contributed by atoms with Crippen molar-refractivity contribution in [3.05, 3.63) is 77.0 Å². The van der Waals surface area contributed by atoms with Crippen LogP contribution in [0.4, 0.5) is 5.69 Å². The molecule has 0 aliphatic heterocycles. The maximum atomic E-state index is 3.52. The topological polar surface area (TPSA) is 12.0 Å². The van der Waals surface area contributed by atoms with Gasteiger partial charge in [-0.25, -0.2) is 0 Å². The van der Waals surface area contributed by atoms with Gasteiger partial charge in [0.2, 0.25) is 0 Å². The number of hydrogen-bond donors (Lipinski definition) is 1. The second-order valence-corrected chi connectivity index (χ2v) is 5.38. The van der Waals surface area contributed by atoms with Crippen LogP contribution in [0.5, 0.6) is 0 Å². The molecule has 0 fully saturated rings. The Balaban J connectivity index is 1.85. The third kappa shape index (κ3) is 2.85. The molecule has 0 unspecified atom stereocenters. The smallest absolute Gasteiger partial charge is 0.0494 e. The Hall–Kier alpha value is -2.06. The van der Waals surface area contributed by atoms with Crippen LogP contribution in [-0.4, -0.2) is 0 Å². The van der Waals surface area contributed by atoms with Gasteiger partial charge in [-0.05, 0) is 23.1 Å². The number of para-hydroxylation sites is 1. The fourth-order valence-electron chi connectivity index (χ4n) is 2.10. The van der Waals surface area contributed by atoms with Gasteiger partial charge in [-0.2, -0.15) is 0 Å². The van der Waals surface area contributed by atoms with Crippen molar-refractivity contribution in [1.29, 1.82) is 0 Å². The van der Waals surface area contributed by atoms with E-state index >= 15 is 0 Å². The lowest BCUT2D eigenvalue weighted by Gasteiger charge is -2.11. The fraction of sp³-hybridized carbons (Fsp3) is 0.0588. The van der Waals surface area contributed by atoms with Gasteiger partial charge in [0.15, 0.2) is 0 Å². The van der Waals surface area contributed by atoms with E-state index in [0.29, 0.717) is 0 Å². The summed E-state index contributed by atoms with van der Waals surface area (Å²) < 4.78 is 0. The first-order valence-corrected chi connectivity index (χ1v) is 7.22. The van der Waals surface area contributed by atoms with Gasteiger partial charge in [-0.1, -0.05) is 54.6 Å². The Bertz CT molecular complexity index is 629. The zero-order valence-electron chi connectivity index (χ0n) is 10.5. The third-order valence-electron chi connectivity index (χ3n) is 3.05. The van der Waals surface area contributed by atoms with Crippen molar-refractivity contribution in [2.24, 2.45) is 0 Å². The molecule has 0 spiro atoms. The van der Waals surface area contributed by atoms with E-state index in [0.717, 1.165) is 6.54 Å². The van der Waals surface area contributed by atoms with E-state index in [2.05, 4.69) is 71.4 Å². The SMILES string of the molecule is c1ccc(-c2ccccc2NCc2cccs2)cc1. The van der Waals surface area contributed by atoms with Gasteiger partial charge in [-0.15, -0.1) is 11.3 Å². The molecule has 3 aromatic rings. The van der Waals surface area contributed by atoms with Gasteiger partial charge in [0, 0.05) is 22.7 Å². The van der Waals surface area contributed by atoms with Gasteiger partial charge in [0.25, 0.3) is 0 Å². The quantitative estimate of drug-likeness (QED) is 0.698. The van der Waals surface area contributed by atoms with E-state index in [9.17, 15) is 0 Å². The molecule has 0 saturated carbocycles. The molecule has 0 bridgehead atoms. The molecule has 0 saturated heterocycles. The highest BCUT2D eigenvalue weighted by atomic mass is 32.1. The van der Waals surface area contributed by atoms with E-state index < -0.39 is 0 Å². The van der Waals surface area contributed by atoms with E-state index in [-0.39, 0.29) is 0 Å². The van der Waals surface area contributed by atoms with Crippen LogP contribution in [0.1, 0.15) is 4.88 Å². The zero-order valence-corrected chi connectivity index (χ0v) is 11.4. The van der Waals surface area contributed by atoms with E-state index in [4.69, 9.17) is 0 Å². The fourth-order valence-corrected chi connectivity index (χ4v) is 2.75. The van der Waals surface area contributed by atoms with Gasteiger partial charge in [0.1, 0.15) is 0 Å². The van der Waals surface area contributed by atoms with Crippen molar-refractivity contribution in [2.75, 3.05) is 5.32 Å². The van der Waals surface area contributed by atoms with Gasteiger partial charge in [0.05, 0.1) is 0 Å². The van der Waals surface area contributed by atoms with Gasteiger partial charge < -0.3 is 5.32 Å². The number of thiophene rings is 1. The average molecular weight is 265 g/mol. The molecule has 1 aromatic heterocycles. The molecule has 0 amide bonds. The summed E-state index contributed by atoms with van der Waals surface area (Å²) in [5, 5.41) is 5.64.